The topological polar surface area (TPSA) is 167 Å². The Morgan fingerprint density at radius 2 is 1.57 bits per heavy atom. The van der Waals surface area contributed by atoms with E-state index >= 15 is 0 Å². The molecule has 56 heavy (non-hydrogen) atoms. The van der Waals surface area contributed by atoms with Gasteiger partial charge in [-0.05, 0) is 56.7 Å². The zero-order valence-corrected chi connectivity index (χ0v) is 30.7. The molecule has 0 bridgehead atoms. The van der Waals surface area contributed by atoms with Crippen LogP contribution in [-0.2, 0) is 26.1 Å². The lowest BCUT2D eigenvalue weighted by Crippen LogP contribution is -2.71. The first-order valence-corrected chi connectivity index (χ1v) is 18.4. The summed E-state index contributed by atoms with van der Waals surface area (Å²) >= 11 is 0. The Labute approximate surface area is 319 Å². The molecule has 18 heteroatoms. The summed E-state index contributed by atoms with van der Waals surface area (Å²) in [6.07, 6.45) is -1.10. The maximum Gasteiger partial charge on any atom is 0.417 e. The predicted molar refractivity (Wildman–Crippen MR) is 195 cm³/mol. The Hall–Kier alpha value is -5.80. The van der Waals surface area contributed by atoms with Gasteiger partial charge in [-0.2, -0.15) is 23.5 Å². The number of nitrogens with one attached hydrogen (secondary N) is 2. The van der Waals surface area contributed by atoms with E-state index in [0.717, 1.165) is 80.8 Å². The van der Waals surface area contributed by atoms with Gasteiger partial charge in [0.05, 0.1) is 40.2 Å². The number of fused-ring (bicyclic) bond motifs is 1. The summed E-state index contributed by atoms with van der Waals surface area (Å²) in [4.78, 5) is 73.8. The van der Waals surface area contributed by atoms with Crippen LogP contribution in [0.1, 0.15) is 58.5 Å². The number of nitriles is 1. The van der Waals surface area contributed by atoms with Crippen molar-refractivity contribution in [2.24, 2.45) is 0 Å². The number of carbonyl (C=O) groups excluding carboxylic acids is 5. The van der Waals surface area contributed by atoms with Gasteiger partial charge in [0.15, 0.2) is 0 Å². The monoisotopic (exact) mass is 772 g/mol. The van der Waals surface area contributed by atoms with Crippen LogP contribution in [0.2, 0.25) is 0 Å². The molecular formula is C38H39F3N10O5. The molecule has 1 atom stereocenters. The largest absolute Gasteiger partial charge is 0.417 e. The van der Waals surface area contributed by atoms with Crippen LogP contribution in [0.3, 0.4) is 0 Å². The summed E-state index contributed by atoms with van der Waals surface area (Å²) in [7, 11) is 0. The van der Waals surface area contributed by atoms with E-state index in [4.69, 9.17) is 5.26 Å². The van der Waals surface area contributed by atoms with E-state index in [1.807, 2.05) is 6.07 Å². The summed E-state index contributed by atoms with van der Waals surface area (Å²) in [5.41, 5.74) is -0.711. The average molecular weight is 773 g/mol. The van der Waals surface area contributed by atoms with Crippen LogP contribution in [0.5, 0.6) is 0 Å². The highest BCUT2D eigenvalue weighted by atomic mass is 19.4. The summed E-state index contributed by atoms with van der Waals surface area (Å²) < 4.78 is 41.8. The Bertz CT molecular complexity index is 2180. The summed E-state index contributed by atoms with van der Waals surface area (Å²) in [6.45, 7) is 9.95. The third kappa shape index (κ3) is 6.53. The van der Waals surface area contributed by atoms with Crippen molar-refractivity contribution in [2.45, 2.75) is 56.5 Å². The van der Waals surface area contributed by atoms with Gasteiger partial charge < -0.3 is 15.1 Å². The van der Waals surface area contributed by atoms with Gasteiger partial charge in [-0.1, -0.05) is 0 Å². The lowest BCUT2D eigenvalue weighted by atomic mass is 9.97. The number of amides is 5. The first-order valence-electron chi connectivity index (χ1n) is 18.4. The molecule has 5 aliphatic rings. The highest BCUT2D eigenvalue weighted by Gasteiger charge is 2.46. The molecule has 0 spiro atoms. The van der Waals surface area contributed by atoms with Gasteiger partial charge >= 0.3 is 6.18 Å². The maximum atomic E-state index is 13.4. The van der Waals surface area contributed by atoms with Gasteiger partial charge in [0, 0.05) is 88.4 Å². The standard InChI is InChI=1S/C38H39F3N10O5/c1-37(2,36(56)44-23-4-3-22(15-42)30(13-23)38(39,40)41)50-21-25(16-43-50)46-9-11-47(12-10-46)26-17-49(18-26)27-19-48(20-27)24-5-6-28-29(14-24)35(55)51(34(28)54)31-7-8-32(52)45-33(31)53/h3-6,13-14,16,21,26-27,31H,7-12,17-20H2,1-2H3,(H,44,56)(H,45,52,53). The minimum atomic E-state index is -4.74. The number of hydrogen-bond acceptors (Lipinski definition) is 11. The number of aromatic nitrogens is 2. The molecule has 1 aromatic heterocycles. The molecule has 5 amide bonds. The number of halogens is 3. The van der Waals surface area contributed by atoms with Gasteiger partial charge in [-0.3, -0.25) is 48.7 Å². The summed E-state index contributed by atoms with van der Waals surface area (Å²) in [5.74, 6) is -2.63. The Morgan fingerprint density at radius 1 is 0.875 bits per heavy atom. The molecule has 8 rings (SSSR count). The molecule has 1 unspecified atom stereocenters. The Morgan fingerprint density at radius 3 is 2.25 bits per heavy atom. The van der Waals surface area contributed by atoms with Crippen molar-refractivity contribution in [3.63, 3.8) is 0 Å². The second-order valence-corrected chi connectivity index (χ2v) is 15.4. The average Bonchev–Trinajstić information content (AvgIpc) is 3.72. The number of hydrogen-bond donors (Lipinski definition) is 2. The molecule has 4 fully saturated rings. The van der Waals surface area contributed by atoms with Crippen LogP contribution >= 0.6 is 0 Å². The first-order chi connectivity index (χ1) is 26.6. The third-order valence-corrected chi connectivity index (χ3v) is 11.7. The van der Waals surface area contributed by atoms with E-state index < -0.39 is 58.4 Å². The lowest BCUT2D eigenvalue weighted by molar-refractivity contribution is -0.138. The molecule has 5 aliphatic heterocycles. The molecule has 2 N–H and O–H groups in total. The number of rotatable bonds is 8. The number of piperazine rings is 1. The van der Waals surface area contributed by atoms with Crippen molar-refractivity contribution in [2.75, 3.05) is 67.5 Å². The number of likely N-dealkylation sites (tertiary alicyclic amines) is 1. The highest BCUT2D eigenvalue weighted by Crippen LogP contribution is 2.36. The number of piperidine rings is 1. The van der Waals surface area contributed by atoms with Crippen molar-refractivity contribution in [1.29, 1.82) is 5.26 Å². The van der Waals surface area contributed by atoms with E-state index in [2.05, 4.69) is 35.3 Å². The smallest absolute Gasteiger partial charge is 0.368 e. The molecule has 0 radical (unpaired) electrons. The minimum Gasteiger partial charge on any atom is -0.368 e. The van der Waals surface area contributed by atoms with Crippen LogP contribution in [0, 0.1) is 11.3 Å². The number of anilines is 3. The molecule has 2 aromatic carbocycles. The van der Waals surface area contributed by atoms with Crippen LogP contribution in [0.15, 0.2) is 48.8 Å². The number of imide groups is 2. The molecule has 3 aromatic rings. The van der Waals surface area contributed by atoms with Crippen LogP contribution in [-0.4, -0.2) is 124 Å². The number of carbonyl (C=O) groups is 5. The first kappa shape index (κ1) is 37.1. The quantitative estimate of drug-likeness (QED) is 0.323. The van der Waals surface area contributed by atoms with E-state index in [1.165, 1.54) is 16.8 Å². The van der Waals surface area contributed by atoms with Crippen LogP contribution in [0.4, 0.5) is 30.2 Å². The second-order valence-electron chi connectivity index (χ2n) is 15.4. The summed E-state index contributed by atoms with van der Waals surface area (Å²) in [6, 6.07) is 9.60. The van der Waals surface area contributed by atoms with Crippen molar-refractivity contribution < 1.29 is 37.1 Å². The number of benzene rings is 2. The van der Waals surface area contributed by atoms with Gasteiger partial charge in [0.1, 0.15) is 11.6 Å². The Balaban J connectivity index is 0.798. The minimum absolute atomic E-state index is 0.0702. The van der Waals surface area contributed by atoms with Gasteiger partial charge in [0.25, 0.3) is 17.7 Å². The van der Waals surface area contributed by atoms with E-state index in [9.17, 15) is 37.1 Å². The molecule has 0 saturated carbocycles. The highest BCUT2D eigenvalue weighted by molar-refractivity contribution is 6.23. The molecule has 6 heterocycles. The molecule has 15 nitrogen and oxygen atoms in total. The third-order valence-electron chi connectivity index (χ3n) is 11.7. The van der Waals surface area contributed by atoms with E-state index in [0.29, 0.717) is 12.1 Å². The SMILES string of the molecule is CC(C)(C(=O)Nc1ccc(C#N)c(C(F)(F)F)c1)n1cc(N2CCN(C3CN(C4CN(c5ccc6c(c5)C(=O)N(C5CCC(=O)NC5=O)C6=O)C4)C3)CC2)cn1. The lowest BCUT2D eigenvalue weighted by Gasteiger charge is -2.55. The molecule has 0 aliphatic carbocycles. The van der Waals surface area contributed by atoms with E-state index in [1.54, 1.807) is 38.4 Å². The predicted octanol–water partition coefficient (Wildman–Crippen LogP) is 2.24. The molecular weight excluding hydrogens is 733 g/mol. The number of nitrogens with zero attached hydrogens (tertiary/aromatic N) is 8. The van der Waals surface area contributed by atoms with Gasteiger partial charge in [-0.25, -0.2) is 0 Å². The number of alkyl halides is 3. The van der Waals surface area contributed by atoms with Crippen molar-refractivity contribution in [3.8, 4) is 6.07 Å². The fourth-order valence-corrected chi connectivity index (χ4v) is 8.04. The van der Waals surface area contributed by atoms with Crippen molar-refractivity contribution in [1.82, 2.24) is 29.8 Å². The normalized spacial score (nSPS) is 21.4. The van der Waals surface area contributed by atoms with Crippen molar-refractivity contribution in [3.05, 3.63) is 71.0 Å². The second kappa shape index (κ2) is 13.7. The molecule has 4 saturated heterocycles. The van der Waals surface area contributed by atoms with E-state index in [-0.39, 0.29) is 29.7 Å². The van der Waals surface area contributed by atoms with Crippen molar-refractivity contribution >= 4 is 46.6 Å². The molecule has 292 valence electrons. The van der Waals surface area contributed by atoms with Gasteiger partial charge in [0.2, 0.25) is 11.8 Å². The summed E-state index contributed by atoms with van der Waals surface area (Å²) in [5, 5.41) is 18.3. The zero-order valence-electron chi connectivity index (χ0n) is 30.7. The zero-order chi connectivity index (χ0) is 39.7. The fraction of sp³-hybridized carbons (Fsp3) is 0.447. The Kier molecular flexibility index (Phi) is 9.11. The fourth-order valence-electron chi connectivity index (χ4n) is 8.04. The van der Waals surface area contributed by atoms with Crippen LogP contribution < -0.4 is 20.4 Å². The maximum absolute atomic E-state index is 13.4. The van der Waals surface area contributed by atoms with Crippen LogP contribution in [0.25, 0.3) is 0 Å². The van der Waals surface area contributed by atoms with Gasteiger partial charge in [-0.15, -0.1) is 0 Å².